The van der Waals surface area contributed by atoms with Gasteiger partial charge in [0.2, 0.25) is 0 Å². The van der Waals surface area contributed by atoms with Crippen LogP contribution in [0, 0.1) is 0 Å². The fourth-order valence-electron chi connectivity index (χ4n) is 2.56. The van der Waals surface area contributed by atoms with Crippen molar-refractivity contribution in [3.63, 3.8) is 0 Å². The maximum Gasteiger partial charge on any atom is 0.490 e. The molecule has 1 aliphatic heterocycles. The molecule has 1 saturated heterocycles. The maximum absolute atomic E-state index is 12.4. The summed E-state index contributed by atoms with van der Waals surface area (Å²) < 4.78 is 38.8. The number of benzene rings is 1. The van der Waals surface area contributed by atoms with E-state index in [0.29, 0.717) is 5.56 Å². The molecular weight excluding hydrogens is 457 g/mol. The van der Waals surface area contributed by atoms with Gasteiger partial charge >= 0.3 is 12.1 Å². The quantitative estimate of drug-likeness (QED) is 0.722. The Morgan fingerprint density at radius 1 is 1.07 bits per heavy atom. The van der Waals surface area contributed by atoms with Gasteiger partial charge in [-0.1, -0.05) is 15.9 Å². The number of aromatic nitrogens is 1. The lowest BCUT2D eigenvalue weighted by atomic mass is 10.1. The molecule has 10 heteroatoms. The smallest absolute Gasteiger partial charge is 0.490 e. The van der Waals surface area contributed by atoms with E-state index in [1.807, 2.05) is 29.2 Å². The normalized spacial score (nSPS) is 14.6. The summed E-state index contributed by atoms with van der Waals surface area (Å²) in [5.74, 6) is -1.81. The Hall–Kier alpha value is -2.62. The fourth-order valence-corrected chi connectivity index (χ4v) is 2.82. The number of piperidine rings is 1. The van der Waals surface area contributed by atoms with Crippen molar-refractivity contribution in [3.05, 3.63) is 58.8 Å². The van der Waals surface area contributed by atoms with Crippen LogP contribution in [0.2, 0.25) is 0 Å². The highest BCUT2D eigenvalue weighted by molar-refractivity contribution is 9.10. The van der Waals surface area contributed by atoms with Gasteiger partial charge in [-0.05, 0) is 36.4 Å². The Kier molecular flexibility index (Phi) is 8.00. The van der Waals surface area contributed by atoms with Crippen molar-refractivity contribution in [2.45, 2.75) is 25.1 Å². The number of likely N-dealkylation sites (tertiary alicyclic amines) is 1. The number of pyridine rings is 1. The number of carboxylic acids is 1. The van der Waals surface area contributed by atoms with Gasteiger partial charge in [-0.25, -0.2) is 4.79 Å². The van der Waals surface area contributed by atoms with Gasteiger partial charge in [-0.3, -0.25) is 9.78 Å². The molecule has 2 aromatic rings. The van der Waals surface area contributed by atoms with Crippen LogP contribution in [0.3, 0.4) is 0 Å². The minimum Gasteiger partial charge on any atom is -0.490 e. The van der Waals surface area contributed by atoms with Crippen LogP contribution in [0.5, 0.6) is 5.75 Å². The third-order valence-electron chi connectivity index (χ3n) is 4.02. The number of aliphatic carboxylic acids is 1. The molecule has 0 spiro atoms. The highest BCUT2D eigenvalue weighted by atomic mass is 79.9. The Morgan fingerprint density at radius 2 is 1.59 bits per heavy atom. The molecule has 1 aliphatic rings. The predicted molar refractivity (Wildman–Crippen MR) is 102 cm³/mol. The molecule has 1 amide bonds. The van der Waals surface area contributed by atoms with E-state index in [2.05, 4.69) is 20.9 Å². The number of hydrogen-bond donors (Lipinski definition) is 1. The van der Waals surface area contributed by atoms with Crippen LogP contribution in [0.1, 0.15) is 23.2 Å². The molecule has 2 heterocycles. The van der Waals surface area contributed by atoms with Crippen molar-refractivity contribution in [1.29, 1.82) is 0 Å². The van der Waals surface area contributed by atoms with Gasteiger partial charge in [0.05, 0.1) is 0 Å². The number of halogens is 4. The topological polar surface area (TPSA) is 79.7 Å². The Morgan fingerprint density at radius 3 is 2.07 bits per heavy atom. The van der Waals surface area contributed by atoms with Crippen LogP contribution in [-0.4, -0.2) is 52.2 Å². The van der Waals surface area contributed by atoms with Crippen molar-refractivity contribution in [3.8, 4) is 5.75 Å². The minimum absolute atomic E-state index is 0.0736. The average molecular weight is 475 g/mol. The largest absolute Gasteiger partial charge is 0.490 e. The maximum atomic E-state index is 12.4. The second kappa shape index (κ2) is 10.2. The average Bonchev–Trinajstić information content (AvgIpc) is 2.70. The number of hydrogen-bond acceptors (Lipinski definition) is 4. The number of carbonyl (C=O) groups excluding carboxylic acids is 1. The van der Waals surface area contributed by atoms with Gasteiger partial charge in [-0.2, -0.15) is 13.2 Å². The Bertz CT molecular complexity index is 808. The molecule has 1 aromatic carbocycles. The van der Waals surface area contributed by atoms with Crippen LogP contribution in [0.4, 0.5) is 13.2 Å². The zero-order valence-electron chi connectivity index (χ0n) is 15.1. The summed E-state index contributed by atoms with van der Waals surface area (Å²) in [6.07, 6.45) is 0.0928. The summed E-state index contributed by atoms with van der Waals surface area (Å²) in [6, 6.07) is 11.4. The highest BCUT2D eigenvalue weighted by Gasteiger charge is 2.38. The molecule has 156 valence electrons. The first-order chi connectivity index (χ1) is 13.7. The second-order valence-corrected chi connectivity index (χ2v) is 7.02. The number of amides is 1. The number of ether oxygens (including phenoxy) is 1. The first kappa shape index (κ1) is 22.7. The summed E-state index contributed by atoms with van der Waals surface area (Å²) in [7, 11) is 0. The standard InChI is InChI=1S/C17H17BrN2O2.C2HF3O2/c18-14-1-3-15(4-2-14)22-16-7-11-20(12-8-16)17(21)13-5-9-19-10-6-13;3-2(4,5)1(6)7/h1-6,9-10,16H,7-8,11-12H2;(H,6,7). The molecule has 1 N–H and O–H groups in total. The van der Waals surface area contributed by atoms with E-state index in [1.54, 1.807) is 24.5 Å². The summed E-state index contributed by atoms with van der Waals surface area (Å²) >= 11 is 3.41. The molecule has 0 unspecified atom stereocenters. The van der Waals surface area contributed by atoms with Crippen LogP contribution in [-0.2, 0) is 4.79 Å². The fraction of sp³-hybridized carbons (Fsp3) is 0.316. The number of nitrogens with zero attached hydrogens (tertiary/aromatic N) is 2. The SMILES string of the molecule is O=C(O)C(F)(F)F.O=C(c1ccncc1)N1CCC(Oc2ccc(Br)cc2)CC1. The molecule has 0 atom stereocenters. The van der Waals surface area contributed by atoms with E-state index in [0.717, 1.165) is 36.2 Å². The van der Waals surface area contributed by atoms with E-state index in [-0.39, 0.29) is 12.0 Å². The second-order valence-electron chi connectivity index (χ2n) is 6.10. The molecule has 0 radical (unpaired) electrons. The Labute approximate surface area is 173 Å². The van der Waals surface area contributed by atoms with E-state index in [4.69, 9.17) is 14.6 Å². The molecular formula is C19H18BrF3N2O4. The monoisotopic (exact) mass is 474 g/mol. The van der Waals surface area contributed by atoms with Gasteiger partial charge in [0.25, 0.3) is 5.91 Å². The zero-order valence-corrected chi connectivity index (χ0v) is 16.7. The van der Waals surface area contributed by atoms with Gasteiger partial charge in [0, 0.05) is 48.4 Å². The van der Waals surface area contributed by atoms with Gasteiger partial charge in [-0.15, -0.1) is 0 Å². The van der Waals surface area contributed by atoms with E-state index >= 15 is 0 Å². The lowest BCUT2D eigenvalue weighted by molar-refractivity contribution is -0.192. The van der Waals surface area contributed by atoms with Crippen molar-refractivity contribution in [2.75, 3.05) is 13.1 Å². The third-order valence-corrected chi connectivity index (χ3v) is 4.54. The summed E-state index contributed by atoms with van der Waals surface area (Å²) in [5, 5.41) is 7.12. The first-order valence-corrected chi connectivity index (χ1v) is 9.37. The molecule has 0 saturated carbocycles. The van der Waals surface area contributed by atoms with E-state index < -0.39 is 12.1 Å². The molecule has 29 heavy (non-hydrogen) atoms. The number of carboxylic acid groups (broad SMARTS) is 1. The molecule has 1 fully saturated rings. The van der Waals surface area contributed by atoms with Crippen molar-refractivity contribution in [1.82, 2.24) is 9.88 Å². The molecule has 0 aliphatic carbocycles. The zero-order chi connectivity index (χ0) is 21.4. The van der Waals surface area contributed by atoms with Crippen LogP contribution in [0.25, 0.3) is 0 Å². The summed E-state index contributed by atoms with van der Waals surface area (Å²) in [6.45, 7) is 1.45. The van der Waals surface area contributed by atoms with Gasteiger partial charge < -0.3 is 14.7 Å². The predicted octanol–water partition coefficient (Wildman–Crippen LogP) is 4.16. The van der Waals surface area contributed by atoms with Gasteiger partial charge in [0.1, 0.15) is 11.9 Å². The summed E-state index contributed by atoms with van der Waals surface area (Å²) in [4.78, 5) is 27.1. The van der Waals surface area contributed by atoms with Crippen LogP contribution < -0.4 is 4.74 Å². The highest BCUT2D eigenvalue weighted by Crippen LogP contribution is 2.22. The molecule has 3 rings (SSSR count). The first-order valence-electron chi connectivity index (χ1n) is 8.58. The Balaban J connectivity index is 0.000000370. The van der Waals surface area contributed by atoms with Crippen molar-refractivity contribution in [2.24, 2.45) is 0 Å². The minimum atomic E-state index is -5.08. The number of alkyl halides is 3. The van der Waals surface area contributed by atoms with E-state index in [9.17, 15) is 18.0 Å². The molecule has 0 bridgehead atoms. The third kappa shape index (κ3) is 7.37. The molecule has 1 aromatic heterocycles. The van der Waals surface area contributed by atoms with E-state index in [1.165, 1.54) is 0 Å². The molecule has 6 nitrogen and oxygen atoms in total. The van der Waals surface area contributed by atoms with Crippen LogP contribution in [0.15, 0.2) is 53.3 Å². The number of rotatable bonds is 3. The van der Waals surface area contributed by atoms with Crippen molar-refractivity contribution < 1.29 is 32.6 Å². The summed E-state index contributed by atoms with van der Waals surface area (Å²) in [5.41, 5.74) is 0.697. The van der Waals surface area contributed by atoms with Gasteiger partial charge in [0.15, 0.2) is 0 Å². The number of carbonyl (C=O) groups is 2. The van der Waals surface area contributed by atoms with Crippen LogP contribution >= 0.6 is 15.9 Å². The lowest BCUT2D eigenvalue weighted by Gasteiger charge is -2.32. The lowest BCUT2D eigenvalue weighted by Crippen LogP contribution is -2.41. The van der Waals surface area contributed by atoms with Crippen molar-refractivity contribution >= 4 is 27.8 Å².